The average Bonchev–Trinajstić information content (AvgIpc) is 3.24. The SMILES string of the molecule is CCOC(=O)NNC(=O)C1=CO[C@@H](C)[C@@H]2CN3CCc4c([nH]c5cc(OC)c(OC)cc45)[C@H]3C[C@H]12. The number of aromatic amines is 1. The van der Waals surface area contributed by atoms with Crippen molar-refractivity contribution in [2.45, 2.75) is 38.8 Å². The first-order chi connectivity index (χ1) is 16.9. The molecule has 4 atom stereocenters. The smallest absolute Gasteiger partial charge is 0.426 e. The van der Waals surface area contributed by atoms with Crippen LogP contribution in [0.4, 0.5) is 4.79 Å². The van der Waals surface area contributed by atoms with Gasteiger partial charge in [-0.3, -0.25) is 15.1 Å². The lowest BCUT2D eigenvalue weighted by Gasteiger charge is -2.49. The number of amides is 2. The third-order valence-corrected chi connectivity index (χ3v) is 7.53. The molecule has 3 N–H and O–H groups in total. The largest absolute Gasteiger partial charge is 0.497 e. The maximum absolute atomic E-state index is 13.0. The van der Waals surface area contributed by atoms with Crippen LogP contribution in [0.3, 0.4) is 0 Å². The number of H-pyrrole nitrogens is 1. The molecular formula is C25H32N4O6. The summed E-state index contributed by atoms with van der Waals surface area (Å²) in [5.74, 6) is 1.18. The Balaban J connectivity index is 1.44. The van der Waals surface area contributed by atoms with Gasteiger partial charge < -0.3 is 23.9 Å². The van der Waals surface area contributed by atoms with Crippen LogP contribution >= 0.6 is 0 Å². The van der Waals surface area contributed by atoms with Gasteiger partial charge in [0.15, 0.2) is 11.5 Å². The molecule has 1 aromatic carbocycles. The molecule has 0 radical (unpaired) electrons. The van der Waals surface area contributed by atoms with Gasteiger partial charge in [-0.1, -0.05) is 0 Å². The van der Waals surface area contributed by atoms with E-state index in [-0.39, 0.29) is 36.5 Å². The predicted octanol–water partition coefficient (Wildman–Crippen LogP) is 2.80. The van der Waals surface area contributed by atoms with Crippen LogP contribution in [0.15, 0.2) is 24.0 Å². The van der Waals surface area contributed by atoms with E-state index in [2.05, 4.69) is 27.7 Å². The van der Waals surface area contributed by atoms with E-state index in [1.54, 1.807) is 27.4 Å². The summed E-state index contributed by atoms with van der Waals surface area (Å²) in [7, 11) is 3.28. The van der Waals surface area contributed by atoms with Crippen LogP contribution in [0.25, 0.3) is 10.9 Å². The van der Waals surface area contributed by atoms with Gasteiger partial charge in [-0.2, -0.15) is 0 Å². The summed E-state index contributed by atoms with van der Waals surface area (Å²) < 4.78 is 21.7. The van der Waals surface area contributed by atoms with Gasteiger partial charge in [0.05, 0.1) is 44.8 Å². The van der Waals surface area contributed by atoms with Crippen LogP contribution in [-0.4, -0.2) is 61.9 Å². The molecule has 0 spiro atoms. The summed E-state index contributed by atoms with van der Waals surface area (Å²) in [6.07, 6.45) is 2.55. The first-order valence-corrected chi connectivity index (χ1v) is 12.0. The van der Waals surface area contributed by atoms with Crippen molar-refractivity contribution < 1.29 is 28.5 Å². The number of hydrogen-bond acceptors (Lipinski definition) is 7. The minimum absolute atomic E-state index is 0.00634. The number of hydrogen-bond donors (Lipinski definition) is 3. The number of hydrazine groups is 1. The minimum Gasteiger partial charge on any atom is -0.497 e. The average molecular weight is 485 g/mol. The van der Waals surface area contributed by atoms with E-state index >= 15 is 0 Å². The lowest BCUT2D eigenvalue weighted by Crippen LogP contribution is -2.53. The van der Waals surface area contributed by atoms with Crippen molar-refractivity contribution in [2.24, 2.45) is 11.8 Å². The van der Waals surface area contributed by atoms with Crippen molar-refractivity contribution in [1.82, 2.24) is 20.7 Å². The number of aromatic nitrogens is 1. The third kappa shape index (κ3) is 4.05. The molecular weight excluding hydrogens is 452 g/mol. The van der Waals surface area contributed by atoms with Crippen molar-refractivity contribution in [2.75, 3.05) is 33.9 Å². The second-order valence-corrected chi connectivity index (χ2v) is 9.25. The predicted molar refractivity (Wildman–Crippen MR) is 128 cm³/mol. The molecule has 2 amide bonds. The second kappa shape index (κ2) is 9.33. The van der Waals surface area contributed by atoms with E-state index in [1.807, 2.05) is 12.1 Å². The van der Waals surface area contributed by atoms with Gasteiger partial charge in [0.1, 0.15) is 0 Å². The summed E-state index contributed by atoms with van der Waals surface area (Å²) >= 11 is 0. The van der Waals surface area contributed by atoms with Crippen molar-refractivity contribution in [3.8, 4) is 11.5 Å². The molecule has 1 saturated heterocycles. The third-order valence-electron chi connectivity index (χ3n) is 7.53. The van der Waals surface area contributed by atoms with Gasteiger partial charge >= 0.3 is 6.09 Å². The number of carbonyl (C=O) groups is 2. The molecule has 0 bridgehead atoms. The maximum Gasteiger partial charge on any atom is 0.426 e. The molecule has 35 heavy (non-hydrogen) atoms. The lowest BCUT2D eigenvalue weighted by atomic mass is 9.72. The number of fused-ring (bicyclic) bond motifs is 6. The van der Waals surface area contributed by atoms with E-state index in [9.17, 15) is 9.59 Å². The molecule has 3 aliphatic heterocycles. The van der Waals surface area contributed by atoms with Crippen LogP contribution in [0.2, 0.25) is 0 Å². The van der Waals surface area contributed by atoms with Gasteiger partial charge in [0.25, 0.3) is 5.91 Å². The van der Waals surface area contributed by atoms with Crippen molar-refractivity contribution in [3.63, 3.8) is 0 Å². The van der Waals surface area contributed by atoms with E-state index < -0.39 is 6.09 Å². The minimum atomic E-state index is -0.696. The fourth-order valence-electron chi connectivity index (χ4n) is 5.82. The topological polar surface area (TPSA) is 114 Å². The Hall–Kier alpha value is -3.40. The normalized spacial score (nSPS) is 25.3. The molecule has 188 valence electrons. The maximum atomic E-state index is 13.0. The fourth-order valence-corrected chi connectivity index (χ4v) is 5.82. The monoisotopic (exact) mass is 484 g/mol. The number of piperidine rings is 1. The zero-order valence-electron chi connectivity index (χ0n) is 20.5. The van der Waals surface area contributed by atoms with Crippen LogP contribution in [-0.2, 0) is 20.7 Å². The summed E-state index contributed by atoms with van der Waals surface area (Å²) in [5.41, 5.74) is 8.79. The van der Waals surface area contributed by atoms with Gasteiger partial charge in [-0.15, -0.1) is 0 Å². The molecule has 5 rings (SSSR count). The van der Waals surface area contributed by atoms with Crippen molar-refractivity contribution in [3.05, 3.63) is 35.2 Å². The zero-order valence-corrected chi connectivity index (χ0v) is 20.5. The number of benzene rings is 1. The number of nitrogens with one attached hydrogen (secondary N) is 3. The molecule has 4 heterocycles. The first-order valence-electron chi connectivity index (χ1n) is 12.0. The Morgan fingerprint density at radius 2 is 1.97 bits per heavy atom. The number of ether oxygens (including phenoxy) is 4. The fraction of sp³-hybridized carbons (Fsp3) is 0.520. The Labute approximate surface area is 203 Å². The van der Waals surface area contributed by atoms with Gasteiger partial charge in [0.2, 0.25) is 0 Å². The highest BCUT2D eigenvalue weighted by atomic mass is 16.6. The van der Waals surface area contributed by atoms with Crippen molar-refractivity contribution in [1.29, 1.82) is 0 Å². The van der Waals surface area contributed by atoms with Gasteiger partial charge in [-0.05, 0) is 38.3 Å². The highest BCUT2D eigenvalue weighted by Crippen LogP contribution is 2.48. The van der Waals surface area contributed by atoms with Gasteiger partial charge in [0, 0.05) is 47.6 Å². The second-order valence-electron chi connectivity index (χ2n) is 9.25. The molecule has 10 heteroatoms. The summed E-state index contributed by atoms with van der Waals surface area (Å²) in [6, 6.07) is 4.17. The Morgan fingerprint density at radius 3 is 2.71 bits per heavy atom. The molecule has 1 fully saturated rings. The highest BCUT2D eigenvalue weighted by molar-refractivity contribution is 5.94. The van der Waals surface area contributed by atoms with E-state index in [1.165, 1.54) is 11.3 Å². The molecule has 0 aliphatic carbocycles. The summed E-state index contributed by atoms with van der Waals surface area (Å²) in [5, 5.41) is 1.15. The van der Waals surface area contributed by atoms with E-state index in [0.29, 0.717) is 17.1 Å². The molecule has 0 unspecified atom stereocenters. The number of methoxy groups -OCH3 is 2. The number of nitrogens with zero attached hydrogens (tertiary/aromatic N) is 1. The Morgan fingerprint density at radius 1 is 1.20 bits per heavy atom. The molecule has 0 saturated carbocycles. The van der Waals surface area contributed by atoms with E-state index in [0.717, 1.165) is 36.8 Å². The Bertz CT molecular complexity index is 1170. The zero-order chi connectivity index (χ0) is 24.7. The number of rotatable bonds is 4. The molecule has 2 aromatic rings. The lowest BCUT2D eigenvalue weighted by molar-refractivity contribution is -0.121. The van der Waals surface area contributed by atoms with Crippen LogP contribution in [0.1, 0.15) is 37.6 Å². The van der Waals surface area contributed by atoms with Crippen LogP contribution in [0, 0.1) is 11.8 Å². The first kappa shape index (κ1) is 23.3. The highest BCUT2D eigenvalue weighted by Gasteiger charge is 2.46. The van der Waals surface area contributed by atoms with E-state index in [4.69, 9.17) is 18.9 Å². The Kier molecular flexibility index (Phi) is 6.22. The van der Waals surface area contributed by atoms with Crippen molar-refractivity contribution >= 4 is 22.9 Å². The summed E-state index contributed by atoms with van der Waals surface area (Å²) in [4.78, 5) is 30.8. The van der Waals surface area contributed by atoms with Gasteiger partial charge in [-0.25, -0.2) is 10.2 Å². The van der Waals surface area contributed by atoms with Crippen LogP contribution in [0.5, 0.6) is 11.5 Å². The summed E-state index contributed by atoms with van der Waals surface area (Å²) in [6.45, 7) is 5.74. The molecule has 3 aliphatic rings. The van der Waals surface area contributed by atoms with Crippen LogP contribution < -0.4 is 20.3 Å². The molecule has 10 nitrogen and oxygen atoms in total. The standard InChI is InChI=1S/C25H32N4O6/c1-5-34-25(31)28-27-24(30)18-12-35-13(2)17-11-29-7-6-14-16-9-21(32-3)22(33-4)10-19(16)26-23(14)20(29)8-15(17)18/h9-10,12-13,15,17,20,26H,5-8,11H2,1-4H3,(H,27,30)(H,28,31)/t13-,15-,17-,20+/m0/s1. The number of carbonyl (C=O) groups excluding carboxylic acids is 2. The quantitative estimate of drug-likeness (QED) is 0.572. The molecule has 1 aromatic heterocycles.